The van der Waals surface area contributed by atoms with Crippen molar-refractivity contribution >= 4 is 5.97 Å². The molecule has 0 unspecified atom stereocenters. The Morgan fingerprint density at radius 3 is 2.14 bits per heavy atom. The molecule has 4 heteroatoms. The molecule has 0 aromatic heterocycles. The van der Waals surface area contributed by atoms with Crippen LogP contribution in [0.1, 0.15) is 57.6 Å². The Balaban J connectivity index is 2.76. The van der Waals surface area contributed by atoms with Crippen molar-refractivity contribution in [1.29, 1.82) is 0 Å². The van der Waals surface area contributed by atoms with Crippen molar-refractivity contribution in [2.75, 3.05) is 14.2 Å². The van der Waals surface area contributed by atoms with E-state index in [1.54, 1.807) is 14.2 Å². The van der Waals surface area contributed by atoms with Crippen LogP contribution in [0.3, 0.4) is 0 Å². The Morgan fingerprint density at radius 2 is 1.73 bits per heavy atom. The summed E-state index contributed by atoms with van der Waals surface area (Å²) in [4.78, 5) is 12.1. The summed E-state index contributed by atoms with van der Waals surface area (Å²) in [6, 6.07) is 3.79. The van der Waals surface area contributed by atoms with Crippen molar-refractivity contribution in [2.24, 2.45) is 0 Å². The van der Waals surface area contributed by atoms with Gasteiger partial charge in [-0.3, -0.25) is 4.79 Å². The van der Waals surface area contributed by atoms with Crippen LogP contribution in [0.25, 0.3) is 0 Å². The number of ether oxygens (including phenoxy) is 2. The Bertz CT molecular complexity index is 563. The zero-order valence-corrected chi connectivity index (χ0v) is 14.2. The zero-order valence-electron chi connectivity index (χ0n) is 14.2. The van der Waals surface area contributed by atoms with Crippen LogP contribution in [-0.2, 0) is 15.6 Å². The lowest BCUT2D eigenvalue weighted by molar-refractivity contribution is -0.143. The number of hydrogen-bond acceptors (Lipinski definition) is 3. The van der Waals surface area contributed by atoms with Crippen LogP contribution in [0.2, 0.25) is 0 Å². The lowest BCUT2D eigenvalue weighted by Crippen LogP contribution is -2.33. The van der Waals surface area contributed by atoms with Gasteiger partial charge in [0.1, 0.15) is 11.5 Å². The molecule has 0 amide bonds. The molecule has 0 saturated heterocycles. The van der Waals surface area contributed by atoms with E-state index >= 15 is 0 Å². The Kier molecular flexibility index (Phi) is 4.41. The molecule has 1 aliphatic carbocycles. The second kappa shape index (κ2) is 5.82. The number of hydrogen-bond donors (Lipinski definition) is 1. The highest BCUT2D eigenvalue weighted by atomic mass is 16.5. The predicted octanol–water partition coefficient (Wildman–Crippen LogP) is 3.90. The summed E-state index contributed by atoms with van der Waals surface area (Å²) in [6.07, 6.45) is 3.15. The van der Waals surface area contributed by atoms with Crippen LogP contribution >= 0.6 is 0 Å². The average molecular weight is 306 g/mol. The van der Waals surface area contributed by atoms with Gasteiger partial charge in [-0.25, -0.2) is 0 Å². The van der Waals surface area contributed by atoms with Crippen molar-refractivity contribution in [3.63, 3.8) is 0 Å². The normalized spacial score (nSPS) is 17.3. The summed E-state index contributed by atoms with van der Waals surface area (Å²) in [5.41, 5.74) is 0.716. The minimum absolute atomic E-state index is 0.160. The fourth-order valence-corrected chi connectivity index (χ4v) is 3.43. The van der Waals surface area contributed by atoms with Crippen molar-refractivity contribution in [1.82, 2.24) is 0 Å². The Labute approximate surface area is 132 Å². The minimum atomic E-state index is -0.861. The van der Waals surface area contributed by atoms with Crippen molar-refractivity contribution < 1.29 is 19.4 Å². The topological polar surface area (TPSA) is 55.8 Å². The van der Waals surface area contributed by atoms with Crippen molar-refractivity contribution in [3.05, 3.63) is 23.3 Å². The summed E-state index contributed by atoms with van der Waals surface area (Å²) < 4.78 is 11.1. The van der Waals surface area contributed by atoms with Gasteiger partial charge in [0, 0.05) is 11.1 Å². The van der Waals surface area contributed by atoms with Crippen LogP contribution in [-0.4, -0.2) is 25.3 Å². The molecule has 0 atom stereocenters. The van der Waals surface area contributed by atoms with Gasteiger partial charge >= 0.3 is 5.97 Å². The average Bonchev–Trinajstić information content (AvgIpc) is 2.95. The summed E-state index contributed by atoms with van der Waals surface area (Å²) >= 11 is 0. The number of benzene rings is 1. The third-order valence-corrected chi connectivity index (χ3v) is 4.69. The number of rotatable bonds is 4. The molecule has 0 bridgehead atoms. The first-order valence-electron chi connectivity index (χ1n) is 7.76. The third kappa shape index (κ3) is 2.67. The van der Waals surface area contributed by atoms with Crippen LogP contribution in [0.15, 0.2) is 12.1 Å². The van der Waals surface area contributed by atoms with Gasteiger partial charge in [-0.2, -0.15) is 0 Å². The molecule has 1 fully saturated rings. The first-order chi connectivity index (χ1) is 10.3. The number of carbonyl (C=O) groups is 1. The molecule has 22 heavy (non-hydrogen) atoms. The van der Waals surface area contributed by atoms with Crippen LogP contribution < -0.4 is 9.47 Å². The Hall–Kier alpha value is -1.71. The van der Waals surface area contributed by atoms with Gasteiger partial charge in [0.2, 0.25) is 0 Å². The largest absolute Gasteiger partial charge is 0.497 e. The molecule has 122 valence electrons. The van der Waals surface area contributed by atoms with Gasteiger partial charge in [-0.15, -0.1) is 0 Å². The molecule has 1 aromatic rings. The first-order valence-corrected chi connectivity index (χ1v) is 7.76. The van der Waals surface area contributed by atoms with E-state index in [0.29, 0.717) is 24.3 Å². The number of aliphatic carboxylic acids is 1. The second-order valence-electron chi connectivity index (χ2n) is 7.10. The maximum Gasteiger partial charge on any atom is 0.314 e. The molecule has 0 spiro atoms. The molecule has 0 heterocycles. The van der Waals surface area contributed by atoms with E-state index in [1.165, 1.54) is 0 Å². The number of methoxy groups -OCH3 is 2. The summed E-state index contributed by atoms with van der Waals surface area (Å²) in [5, 5.41) is 9.90. The molecule has 1 N–H and O–H groups in total. The number of carboxylic acid groups (broad SMARTS) is 1. The first kappa shape index (κ1) is 16.7. The van der Waals surface area contributed by atoms with E-state index < -0.39 is 11.4 Å². The number of carboxylic acids is 1. The van der Waals surface area contributed by atoms with Crippen LogP contribution in [0.4, 0.5) is 0 Å². The SMILES string of the molecule is COc1cc(C(C)(C)C)c(OC)c(C2(C(=O)O)CCCC2)c1. The molecular formula is C18H26O4. The predicted molar refractivity (Wildman–Crippen MR) is 86.0 cm³/mol. The Morgan fingerprint density at radius 1 is 1.14 bits per heavy atom. The monoisotopic (exact) mass is 306 g/mol. The van der Waals surface area contributed by atoms with E-state index in [-0.39, 0.29) is 5.41 Å². The molecule has 0 aliphatic heterocycles. The van der Waals surface area contributed by atoms with E-state index in [9.17, 15) is 9.90 Å². The smallest absolute Gasteiger partial charge is 0.314 e. The molecule has 2 rings (SSSR count). The quantitative estimate of drug-likeness (QED) is 0.916. The second-order valence-corrected chi connectivity index (χ2v) is 7.10. The molecule has 4 nitrogen and oxygen atoms in total. The van der Waals surface area contributed by atoms with Gasteiger partial charge in [-0.1, -0.05) is 33.6 Å². The van der Waals surface area contributed by atoms with Crippen molar-refractivity contribution in [3.8, 4) is 11.5 Å². The highest BCUT2D eigenvalue weighted by Crippen LogP contribution is 2.49. The molecule has 1 aromatic carbocycles. The standard InChI is InChI=1S/C18H26O4/c1-17(2,3)13-10-12(21-4)11-14(15(13)22-5)18(16(19)20)8-6-7-9-18/h10-11H,6-9H2,1-5H3,(H,19,20). The zero-order chi connectivity index (χ0) is 16.5. The van der Waals surface area contributed by atoms with Gasteiger partial charge in [-0.05, 0) is 30.4 Å². The van der Waals surface area contributed by atoms with Gasteiger partial charge in [0.25, 0.3) is 0 Å². The maximum absolute atomic E-state index is 12.1. The van der Waals surface area contributed by atoms with Gasteiger partial charge < -0.3 is 14.6 Å². The van der Waals surface area contributed by atoms with Gasteiger partial charge in [0.05, 0.1) is 19.6 Å². The molecule has 0 radical (unpaired) electrons. The fraction of sp³-hybridized carbons (Fsp3) is 0.611. The van der Waals surface area contributed by atoms with E-state index in [2.05, 4.69) is 20.8 Å². The third-order valence-electron chi connectivity index (χ3n) is 4.69. The molecular weight excluding hydrogens is 280 g/mol. The van der Waals surface area contributed by atoms with Crippen molar-refractivity contribution in [2.45, 2.75) is 57.3 Å². The van der Waals surface area contributed by atoms with E-state index in [0.717, 1.165) is 24.0 Å². The minimum Gasteiger partial charge on any atom is -0.497 e. The van der Waals surface area contributed by atoms with E-state index in [1.807, 2.05) is 12.1 Å². The van der Waals surface area contributed by atoms with Gasteiger partial charge in [0.15, 0.2) is 0 Å². The molecule has 1 aliphatic rings. The highest BCUT2D eigenvalue weighted by molar-refractivity contribution is 5.83. The highest BCUT2D eigenvalue weighted by Gasteiger charge is 2.46. The summed E-state index contributed by atoms with van der Waals surface area (Å²) in [7, 11) is 3.23. The van der Waals surface area contributed by atoms with Crippen LogP contribution in [0, 0.1) is 0 Å². The molecule has 1 saturated carbocycles. The lowest BCUT2D eigenvalue weighted by Gasteiger charge is -2.31. The lowest BCUT2D eigenvalue weighted by atomic mass is 9.75. The maximum atomic E-state index is 12.1. The summed E-state index contributed by atoms with van der Waals surface area (Å²) in [6.45, 7) is 6.28. The van der Waals surface area contributed by atoms with E-state index in [4.69, 9.17) is 9.47 Å². The summed E-state index contributed by atoms with van der Waals surface area (Å²) in [5.74, 6) is 0.613. The van der Waals surface area contributed by atoms with Crippen LogP contribution in [0.5, 0.6) is 11.5 Å². The fourth-order valence-electron chi connectivity index (χ4n) is 3.43.